The molecule has 0 aliphatic heterocycles. The van der Waals surface area contributed by atoms with Gasteiger partial charge in [0.05, 0.1) is 5.69 Å². The van der Waals surface area contributed by atoms with Crippen LogP contribution in [0.15, 0.2) is 24.3 Å². The molecule has 1 atom stereocenters. The van der Waals surface area contributed by atoms with Crippen molar-refractivity contribution in [3.8, 4) is 16.3 Å². The zero-order valence-electron chi connectivity index (χ0n) is 11.2. The van der Waals surface area contributed by atoms with E-state index in [1.807, 2.05) is 23.5 Å². The Bertz CT molecular complexity index is 559. The second kappa shape index (κ2) is 5.33. The van der Waals surface area contributed by atoms with Gasteiger partial charge in [0, 0.05) is 10.4 Å². The second-order valence-electron chi connectivity index (χ2n) is 5.33. The Morgan fingerprint density at radius 2 is 2.11 bits per heavy atom. The van der Waals surface area contributed by atoms with Crippen molar-refractivity contribution in [3.63, 3.8) is 0 Å². The Morgan fingerprint density at radius 3 is 2.84 bits per heavy atom. The zero-order valence-corrected chi connectivity index (χ0v) is 12.0. The van der Waals surface area contributed by atoms with Gasteiger partial charge in [-0.1, -0.05) is 19.8 Å². The molecular formula is C16H19NOS. The molecule has 0 bridgehead atoms. The minimum absolute atomic E-state index is 0.313. The fourth-order valence-electron chi connectivity index (χ4n) is 2.83. The van der Waals surface area contributed by atoms with Crippen LogP contribution in [0.3, 0.4) is 0 Å². The van der Waals surface area contributed by atoms with Gasteiger partial charge in [0.15, 0.2) is 0 Å². The number of thiazole rings is 1. The Labute approximate surface area is 118 Å². The number of hydrogen-bond donors (Lipinski definition) is 1. The Hall–Kier alpha value is -1.35. The highest BCUT2D eigenvalue weighted by atomic mass is 32.1. The lowest BCUT2D eigenvalue weighted by molar-refractivity contribution is 0.424. The Balaban J connectivity index is 1.85. The molecule has 1 aliphatic carbocycles. The standard InChI is InChI=1S/C16H19NOS/c1-2-3-11-4-9-14-15(10-11)19-16(17-14)12-5-7-13(18)8-6-12/h5-8,11,18H,2-4,9-10H2,1H3. The number of nitrogens with zero attached hydrogens (tertiary/aromatic N) is 1. The third-order valence-corrected chi connectivity index (χ3v) is 5.02. The SMILES string of the molecule is CCCC1CCc2nc(-c3ccc(O)cc3)sc2C1. The summed E-state index contributed by atoms with van der Waals surface area (Å²) in [4.78, 5) is 6.26. The number of hydrogen-bond acceptors (Lipinski definition) is 3. The highest BCUT2D eigenvalue weighted by Gasteiger charge is 2.22. The van der Waals surface area contributed by atoms with Gasteiger partial charge in [-0.05, 0) is 49.4 Å². The largest absolute Gasteiger partial charge is 0.508 e. The average Bonchev–Trinajstić information content (AvgIpc) is 2.83. The molecule has 0 radical (unpaired) electrons. The molecule has 2 nitrogen and oxygen atoms in total. The van der Waals surface area contributed by atoms with Gasteiger partial charge < -0.3 is 5.11 Å². The number of fused-ring (bicyclic) bond motifs is 1. The van der Waals surface area contributed by atoms with Crippen molar-refractivity contribution >= 4 is 11.3 Å². The number of rotatable bonds is 3. The number of phenolic OH excluding ortho intramolecular Hbond substituents is 1. The van der Waals surface area contributed by atoms with E-state index < -0.39 is 0 Å². The molecule has 3 heteroatoms. The molecule has 0 saturated carbocycles. The number of phenols is 1. The summed E-state index contributed by atoms with van der Waals surface area (Å²) < 4.78 is 0. The average molecular weight is 273 g/mol. The fraction of sp³-hybridized carbons (Fsp3) is 0.438. The summed E-state index contributed by atoms with van der Waals surface area (Å²) in [5, 5.41) is 10.4. The maximum Gasteiger partial charge on any atom is 0.123 e. The molecule has 100 valence electrons. The number of aromatic hydroxyl groups is 1. The Morgan fingerprint density at radius 1 is 1.32 bits per heavy atom. The van der Waals surface area contributed by atoms with E-state index in [1.165, 1.54) is 36.3 Å². The molecule has 1 aromatic carbocycles. The predicted molar refractivity (Wildman–Crippen MR) is 79.6 cm³/mol. The molecule has 19 heavy (non-hydrogen) atoms. The van der Waals surface area contributed by atoms with Crippen molar-refractivity contribution in [2.45, 2.75) is 39.0 Å². The minimum Gasteiger partial charge on any atom is -0.508 e. The van der Waals surface area contributed by atoms with Gasteiger partial charge in [-0.25, -0.2) is 4.98 Å². The van der Waals surface area contributed by atoms with Crippen molar-refractivity contribution in [2.24, 2.45) is 5.92 Å². The van der Waals surface area contributed by atoms with E-state index >= 15 is 0 Å². The molecule has 0 spiro atoms. The second-order valence-corrected chi connectivity index (χ2v) is 6.42. The minimum atomic E-state index is 0.313. The van der Waals surface area contributed by atoms with Crippen LogP contribution >= 0.6 is 11.3 Å². The van der Waals surface area contributed by atoms with Crippen molar-refractivity contribution in [2.75, 3.05) is 0 Å². The van der Waals surface area contributed by atoms with E-state index in [4.69, 9.17) is 4.98 Å². The summed E-state index contributed by atoms with van der Waals surface area (Å²) in [5.41, 5.74) is 2.42. The van der Waals surface area contributed by atoms with Gasteiger partial charge in [-0.3, -0.25) is 0 Å². The monoisotopic (exact) mass is 273 g/mol. The van der Waals surface area contributed by atoms with Crippen LogP contribution < -0.4 is 0 Å². The molecule has 1 aromatic heterocycles. The maximum atomic E-state index is 9.34. The van der Waals surface area contributed by atoms with Crippen LogP contribution in [0.1, 0.15) is 36.8 Å². The highest BCUT2D eigenvalue weighted by molar-refractivity contribution is 7.15. The van der Waals surface area contributed by atoms with E-state index in [0.29, 0.717) is 5.75 Å². The summed E-state index contributed by atoms with van der Waals surface area (Å²) in [6.07, 6.45) is 6.25. The van der Waals surface area contributed by atoms with Crippen LogP contribution in [0.2, 0.25) is 0 Å². The molecule has 1 N–H and O–H groups in total. The van der Waals surface area contributed by atoms with E-state index in [2.05, 4.69) is 6.92 Å². The van der Waals surface area contributed by atoms with Gasteiger partial charge in [-0.15, -0.1) is 11.3 Å². The summed E-state index contributed by atoms with van der Waals surface area (Å²) in [7, 11) is 0. The van der Waals surface area contributed by atoms with Crippen molar-refractivity contribution in [1.82, 2.24) is 4.98 Å². The van der Waals surface area contributed by atoms with E-state index in [1.54, 1.807) is 12.1 Å². The van der Waals surface area contributed by atoms with E-state index in [9.17, 15) is 5.11 Å². The maximum absolute atomic E-state index is 9.34. The first-order valence-electron chi connectivity index (χ1n) is 7.04. The number of aromatic nitrogens is 1. The summed E-state index contributed by atoms with van der Waals surface area (Å²) in [6.45, 7) is 2.27. The van der Waals surface area contributed by atoms with E-state index in [0.717, 1.165) is 22.9 Å². The fourth-order valence-corrected chi connectivity index (χ4v) is 4.05. The molecule has 1 aliphatic rings. The first-order valence-corrected chi connectivity index (χ1v) is 7.86. The Kier molecular flexibility index (Phi) is 3.56. The lowest BCUT2D eigenvalue weighted by Crippen LogP contribution is -2.12. The third kappa shape index (κ3) is 2.66. The van der Waals surface area contributed by atoms with Gasteiger partial charge in [0.2, 0.25) is 0 Å². The van der Waals surface area contributed by atoms with Crippen molar-refractivity contribution in [1.29, 1.82) is 0 Å². The summed E-state index contributed by atoms with van der Waals surface area (Å²) in [6, 6.07) is 7.36. The smallest absolute Gasteiger partial charge is 0.123 e. The zero-order chi connectivity index (χ0) is 13.2. The van der Waals surface area contributed by atoms with Crippen LogP contribution in [0.25, 0.3) is 10.6 Å². The number of benzene rings is 1. The van der Waals surface area contributed by atoms with E-state index in [-0.39, 0.29) is 0 Å². The summed E-state index contributed by atoms with van der Waals surface area (Å²) >= 11 is 1.83. The molecule has 1 heterocycles. The molecule has 0 amide bonds. The highest BCUT2D eigenvalue weighted by Crippen LogP contribution is 2.36. The lowest BCUT2D eigenvalue weighted by Gasteiger charge is -2.20. The third-order valence-electron chi connectivity index (χ3n) is 3.85. The predicted octanol–water partition coefficient (Wildman–Crippen LogP) is 4.42. The van der Waals surface area contributed by atoms with Gasteiger partial charge in [0.1, 0.15) is 10.8 Å². The van der Waals surface area contributed by atoms with Gasteiger partial charge in [-0.2, -0.15) is 0 Å². The van der Waals surface area contributed by atoms with Crippen LogP contribution in [-0.2, 0) is 12.8 Å². The van der Waals surface area contributed by atoms with Crippen LogP contribution in [0.5, 0.6) is 5.75 Å². The normalized spacial score (nSPS) is 18.3. The van der Waals surface area contributed by atoms with Gasteiger partial charge in [0.25, 0.3) is 0 Å². The summed E-state index contributed by atoms with van der Waals surface area (Å²) in [5.74, 6) is 1.17. The topological polar surface area (TPSA) is 33.1 Å². The lowest BCUT2D eigenvalue weighted by atomic mass is 9.88. The van der Waals surface area contributed by atoms with Crippen LogP contribution in [0.4, 0.5) is 0 Å². The van der Waals surface area contributed by atoms with Crippen LogP contribution in [0, 0.1) is 5.92 Å². The van der Waals surface area contributed by atoms with Crippen molar-refractivity contribution < 1.29 is 5.11 Å². The quantitative estimate of drug-likeness (QED) is 0.898. The molecule has 3 rings (SSSR count). The molecule has 1 unspecified atom stereocenters. The van der Waals surface area contributed by atoms with Crippen LogP contribution in [-0.4, -0.2) is 10.1 Å². The first-order chi connectivity index (χ1) is 9.26. The first kappa shape index (κ1) is 12.7. The molecule has 0 saturated heterocycles. The molecular weight excluding hydrogens is 254 g/mol. The molecule has 2 aromatic rings. The van der Waals surface area contributed by atoms with Gasteiger partial charge >= 0.3 is 0 Å². The van der Waals surface area contributed by atoms with Crippen molar-refractivity contribution in [3.05, 3.63) is 34.8 Å². The number of aryl methyl sites for hydroxylation is 1. The molecule has 0 fully saturated rings.